The lowest BCUT2D eigenvalue weighted by Crippen LogP contribution is -2.20. The van der Waals surface area contributed by atoms with Gasteiger partial charge in [0.1, 0.15) is 0 Å². The summed E-state index contributed by atoms with van der Waals surface area (Å²) < 4.78 is 0. The Labute approximate surface area is 160 Å². The molecule has 0 radical (unpaired) electrons. The van der Waals surface area contributed by atoms with Crippen molar-refractivity contribution in [3.63, 3.8) is 0 Å². The molecular weight excluding hydrogens is 338 g/mol. The zero-order valence-corrected chi connectivity index (χ0v) is 16.4. The van der Waals surface area contributed by atoms with Crippen LogP contribution in [0.25, 0.3) is 6.08 Å². The van der Waals surface area contributed by atoms with Crippen molar-refractivity contribution in [2.24, 2.45) is 0 Å². The van der Waals surface area contributed by atoms with Gasteiger partial charge in [0.25, 0.3) is 5.91 Å². The smallest absolute Gasteiger partial charge is 0.336 e. The summed E-state index contributed by atoms with van der Waals surface area (Å²) in [5.74, 6) is -1.56. The zero-order valence-electron chi connectivity index (χ0n) is 16.4. The van der Waals surface area contributed by atoms with Crippen molar-refractivity contribution in [2.75, 3.05) is 5.32 Å². The lowest BCUT2D eigenvalue weighted by atomic mass is 9.93. The number of amides is 1. The molecule has 2 aromatic rings. The number of hydrogen-bond donors (Lipinski definition) is 2. The zero-order chi connectivity index (χ0) is 20.1. The van der Waals surface area contributed by atoms with E-state index in [9.17, 15) is 14.7 Å². The number of aryl methyl sites for hydroxylation is 3. The Morgan fingerprint density at radius 3 is 2.00 bits per heavy atom. The van der Waals surface area contributed by atoms with Gasteiger partial charge in [0.2, 0.25) is 0 Å². The van der Waals surface area contributed by atoms with Gasteiger partial charge in [-0.2, -0.15) is 0 Å². The molecule has 0 aliphatic carbocycles. The lowest BCUT2D eigenvalue weighted by Gasteiger charge is -2.14. The van der Waals surface area contributed by atoms with Crippen LogP contribution in [0.15, 0.2) is 59.2 Å². The molecule has 27 heavy (non-hydrogen) atoms. The number of allylic oxidation sites excluding steroid dienone is 1. The van der Waals surface area contributed by atoms with Crippen LogP contribution in [0, 0.1) is 20.8 Å². The molecule has 0 spiro atoms. The summed E-state index contributed by atoms with van der Waals surface area (Å²) in [6, 6.07) is 13.0. The predicted octanol–water partition coefficient (Wildman–Crippen LogP) is 5.05. The Morgan fingerprint density at radius 2 is 1.52 bits per heavy atom. The van der Waals surface area contributed by atoms with E-state index in [4.69, 9.17) is 0 Å². The summed E-state index contributed by atoms with van der Waals surface area (Å²) in [6.45, 7) is 9.37. The van der Waals surface area contributed by atoms with Crippen molar-refractivity contribution in [1.82, 2.24) is 0 Å². The minimum absolute atomic E-state index is 0.0153. The number of anilines is 1. The highest BCUT2D eigenvalue weighted by Gasteiger charge is 2.22. The van der Waals surface area contributed by atoms with Crippen molar-refractivity contribution in [2.45, 2.75) is 34.6 Å². The minimum Gasteiger partial charge on any atom is -0.478 e. The van der Waals surface area contributed by atoms with Gasteiger partial charge in [-0.15, -0.1) is 0 Å². The summed E-state index contributed by atoms with van der Waals surface area (Å²) in [7, 11) is 0. The van der Waals surface area contributed by atoms with Crippen LogP contribution in [0.3, 0.4) is 0 Å². The Bertz CT molecular complexity index is 910. The number of carbonyl (C=O) groups excluding carboxylic acids is 1. The maximum Gasteiger partial charge on any atom is 0.336 e. The van der Waals surface area contributed by atoms with Crippen LogP contribution in [-0.2, 0) is 9.59 Å². The van der Waals surface area contributed by atoms with Crippen LogP contribution in [0.5, 0.6) is 0 Å². The Balaban J connectivity index is 2.54. The monoisotopic (exact) mass is 363 g/mol. The molecule has 0 atom stereocenters. The number of carboxylic acid groups (broad SMARTS) is 1. The number of carbonyl (C=O) groups is 2. The minimum atomic E-state index is -1.13. The molecule has 0 aliphatic heterocycles. The second-order valence-electron chi connectivity index (χ2n) is 6.87. The van der Waals surface area contributed by atoms with Crippen molar-refractivity contribution >= 4 is 23.6 Å². The third-order valence-corrected chi connectivity index (χ3v) is 4.29. The van der Waals surface area contributed by atoms with Gasteiger partial charge in [-0.05, 0) is 69.5 Å². The molecule has 0 fully saturated rings. The van der Waals surface area contributed by atoms with Gasteiger partial charge < -0.3 is 10.4 Å². The van der Waals surface area contributed by atoms with E-state index in [1.165, 1.54) is 0 Å². The highest BCUT2D eigenvalue weighted by atomic mass is 16.4. The predicted molar refractivity (Wildman–Crippen MR) is 110 cm³/mol. The molecule has 2 aromatic carbocycles. The molecule has 0 aliphatic rings. The lowest BCUT2D eigenvalue weighted by molar-refractivity contribution is -0.132. The van der Waals surface area contributed by atoms with Gasteiger partial charge in [-0.25, -0.2) is 4.79 Å². The summed E-state index contributed by atoms with van der Waals surface area (Å²) in [6.07, 6.45) is 1.60. The normalized spacial score (nSPS) is 11.1. The first-order valence-corrected chi connectivity index (χ1v) is 8.77. The van der Waals surface area contributed by atoms with Crippen molar-refractivity contribution in [3.8, 4) is 0 Å². The molecule has 0 aromatic heterocycles. The molecule has 4 heteroatoms. The first-order valence-electron chi connectivity index (χ1n) is 8.77. The first-order chi connectivity index (χ1) is 12.7. The topological polar surface area (TPSA) is 66.4 Å². The fourth-order valence-electron chi connectivity index (χ4n) is 3.14. The SMILES string of the molecule is CC(C)=C(C(=O)Nc1ccccc1)C(=Cc1c(C)cc(C)cc1C)C(=O)O. The third-order valence-electron chi connectivity index (χ3n) is 4.29. The van der Waals surface area contributed by atoms with Crippen molar-refractivity contribution < 1.29 is 14.7 Å². The summed E-state index contributed by atoms with van der Waals surface area (Å²) in [5, 5.41) is 12.6. The highest BCUT2D eigenvalue weighted by Crippen LogP contribution is 2.25. The number of aliphatic carboxylic acids is 1. The van der Waals surface area contributed by atoms with Crippen molar-refractivity contribution in [3.05, 3.63) is 81.4 Å². The average molecular weight is 363 g/mol. The number of para-hydroxylation sites is 1. The molecule has 0 bridgehead atoms. The van der Waals surface area contributed by atoms with Gasteiger partial charge >= 0.3 is 5.97 Å². The van der Waals surface area contributed by atoms with Crippen molar-refractivity contribution in [1.29, 1.82) is 0 Å². The number of nitrogens with one attached hydrogen (secondary N) is 1. The largest absolute Gasteiger partial charge is 0.478 e. The van der Waals surface area contributed by atoms with E-state index >= 15 is 0 Å². The molecular formula is C23H25NO3. The third kappa shape index (κ3) is 4.94. The van der Waals surface area contributed by atoms with Gasteiger partial charge in [0.05, 0.1) is 11.1 Å². The summed E-state index contributed by atoms with van der Waals surface area (Å²) in [5.41, 5.74) is 5.30. The molecule has 140 valence electrons. The standard InChI is InChI=1S/C23H25NO3/c1-14(2)21(22(25)24-18-9-7-6-8-10-18)20(23(26)27)13-19-16(4)11-15(3)12-17(19)5/h6-13H,1-5H3,(H,24,25)(H,26,27). The van der Waals surface area contributed by atoms with E-state index in [0.29, 0.717) is 11.3 Å². The van der Waals surface area contributed by atoms with E-state index in [0.717, 1.165) is 22.3 Å². The molecule has 0 saturated heterocycles. The maximum atomic E-state index is 12.8. The second kappa shape index (κ2) is 8.49. The van der Waals surface area contributed by atoms with Crippen LogP contribution in [0.1, 0.15) is 36.1 Å². The summed E-state index contributed by atoms with van der Waals surface area (Å²) >= 11 is 0. The molecule has 2 N–H and O–H groups in total. The molecule has 4 nitrogen and oxygen atoms in total. The number of benzene rings is 2. The Kier molecular flexibility index (Phi) is 6.35. The van der Waals surface area contributed by atoms with Crippen LogP contribution in [0.4, 0.5) is 5.69 Å². The van der Waals surface area contributed by atoms with Gasteiger partial charge in [-0.1, -0.05) is 41.5 Å². The van der Waals surface area contributed by atoms with Crippen LogP contribution < -0.4 is 5.32 Å². The number of rotatable bonds is 5. The number of carboxylic acids is 1. The fraction of sp³-hybridized carbons (Fsp3) is 0.217. The Morgan fingerprint density at radius 1 is 0.963 bits per heavy atom. The van der Waals surface area contributed by atoms with Crippen LogP contribution >= 0.6 is 0 Å². The molecule has 0 saturated carbocycles. The molecule has 0 heterocycles. The van der Waals surface area contributed by atoms with E-state index < -0.39 is 11.9 Å². The molecule has 0 unspecified atom stereocenters. The second-order valence-corrected chi connectivity index (χ2v) is 6.87. The van der Waals surface area contributed by atoms with Gasteiger partial charge in [0.15, 0.2) is 0 Å². The summed E-state index contributed by atoms with van der Waals surface area (Å²) in [4.78, 5) is 24.9. The Hall–Kier alpha value is -3.14. The van der Waals surface area contributed by atoms with E-state index in [1.54, 1.807) is 32.1 Å². The fourth-order valence-corrected chi connectivity index (χ4v) is 3.14. The van der Waals surface area contributed by atoms with Gasteiger partial charge in [-0.3, -0.25) is 4.79 Å². The van der Waals surface area contributed by atoms with Crippen LogP contribution in [0.2, 0.25) is 0 Å². The quantitative estimate of drug-likeness (QED) is 0.577. The molecule has 1 amide bonds. The van der Waals surface area contributed by atoms with E-state index in [1.807, 2.05) is 51.1 Å². The first kappa shape index (κ1) is 20.2. The number of hydrogen-bond acceptors (Lipinski definition) is 2. The average Bonchev–Trinajstić information content (AvgIpc) is 2.57. The van der Waals surface area contributed by atoms with E-state index in [-0.39, 0.29) is 11.1 Å². The van der Waals surface area contributed by atoms with E-state index in [2.05, 4.69) is 5.32 Å². The highest BCUT2D eigenvalue weighted by molar-refractivity contribution is 6.16. The van der Waals surface area contributed by atoms with Gasteiger partial charge in [0, 0.05) is 5.69 Å². The molecule has 2 rings (SSSR count). The van der Waals surface area contributed by atoms with Crippen LogP contribution in [-0.4, -0.2) is 17.0 Å². The maximum absolute atomic E-state index is 12.8.